The third kappa shape index (κ3) is 2.80. The van der Waals surface area contributed by atoms with E-state index in [0.717, 1.165) is 52.8 Å². The standard InChI is InChI=1S/C21H20N2O3/c1-23(25-2)21(24)19-16-9-3-4-11-18(16)22-20-14(7-5-10-17(19)20)13-15-8-6-12-26-15/h3-4,6,8-9,11-13H,5,7,10H2,1-2H3/b14-13+. The third-order valence-corrected chi connectivity index (χ3v) is 4.80. The molecule has 0 fully saturated rings. The Balaban J connectivity index is 1.97. The molecule has 0 N–H and O–H groups in total. The van der Waals surface area contributed by atoms with Gasteiger partial charge in [-0.15, -0.1) is 0 Å². The zero-order valence-corrected chi connectivity index (χ0v) is 14.9. The highest BCUT2D eigenvalue weighted by Crippen LogP contribution is 2.36. The Morgan fingerprint density at radius 1 is 1.23 bits per heavy atom. The average Bonchev–Trinajstić information content (AvgIpc) is 3.18. The molecule has 132 valence electrons. The van der Waals surface area contributed by atoms with Crippen LogP contribution in [0.2, 0.25) is 0 Å². The Morgan fingerprint density at radius 2 is 2.08 bits per heavy atom. The fourth-order valence-electron chi connectivity index (χ4n) is 3.50. The molecule has 0 radical (unpaired) electrons. The molecule has 2 aromatic heterocycles. The van der Waals surface area contributed by atoms with Gasteiger partial charge in [-0.3, -0.25) is 9.63 Å². The van der Waals surface area contributed by atoms with Crippen molar-refractivity contribution < 1.29 is 14.0 Å². The van der Waals surface area contributed by atoms with Gasteiger partial charge >= 0.3 is 0 Å². The zero-order chi connectivity index (χ0) is 18.1. The molecule has 3 aromatic rings. The van der Waals surface area contributed by atoms with Crippen LogP contribution in [0.5, 0.6) is 0 Å². The van der Waals surface area contributed by atoms with Crippen molar-refractivity contribution in [2.45, 2.75) is 19.3 Å². The summed E-state index contributed by atoms with van der Waals surface area (Å²) >= 11 is 0. The molecule has 5 heteroatoms. The van der Waals surface area contributed by atoms with Crippen molar-refractivity contribution in [1.29, 1.82) is 0 Å². The lowest BCUT2D eigenvalue weighted by atomic mass is 9.86. The van der Waals surface area contributed by atoms with Crippen LogP contribution < -0.4 is 0 Å². The van der Waals surface area contributed by atoms with Crippen molar-refractivity contribution in [1.82, 2.24) is 10.0 Å². The van der Waals surface area contributed by atoms with Crippen molar-refractivity contribution in [2.24, 2.45) is 0 Å². The zero-order valence-electron chi connectivity index (χ0n) is 14.9. The molecule has 0 unspecified atom stereocenters. The summed E-state index contributed by atoms with van der Waals surface area (Å²) in [6, 6.07) is 11.6. The summed E-state index contributed by atoms with van der Waals surface area (Å²) in [7, 11) is 3.13. The number of rotatable bonds is 3. The number of nitrogens with zero attached hydrogens (tertiary/aromatic N) is 2. The number of allylic oxidation sites excluding steroid dienone is 1. The molecule has 0 atom stereocenters. The van der Waals surface area contributed by atoms with Gasteiger partial charge in [-0.2, -0.15) is 0 Å². The molecule has 1 aromatic carbocycles. The third-order valence-electron chi connectivity index (χ3n) is 4.80. The van der Waals surface area contributed by atoms with E-state index in [1.807, 2.05) is 42.5 Å². The molecule has 1 aliphatic carbocycles. The van der Waals surface area contributed by atoms with Gasteiger partial charge in [0, 0.05) is 12.4 Å². The number of pyridine rings is 1. The van der Waals surface area contributed by atoms with Gasteiger partial charge in [-0.25, -0.2) is 10.0 Å². The number of fused-ring (bicyclic) bond motifs is 2. The van der Waals surface area contributed by atoms with Gasteiger partial charge in [0.15, 0.2) is 0 Å². The molecule has 0 saturated heterocycles. The minimum absolute atomic E-state index is 0.151. The molecule has 1 amide bonds. The second-order valence-electron chi connectivity index (χ2n) is 6.35. The second-order valence-corrected chi connectivity index (χ2v) is 6.35. The van der Waals surface area contributed by atoms with Gasteiger partial charge in [-0.1, -0.05) is 18.2 Å². The molecule has 0 aliphatic heterocycles. The predicted octanol–water partition coefficient (Wildman–Crippen LogP) is 4.34. The van der Waals surface area contributed by atoms with Gasteiger partial charge in [0.2, 0.25) is 0 Å². The summed E-state index contributed by atoms with van der Waals surface area (Å²) in [5.74, 6) is 0.645. The van der Waals surface area contributed by atoms with Gasteiger partial charge in [0.25, 0.3) is 5.91 Å². The van der Waals surface area contributed by atoms with Crippen LogP contribution in [0.15, 0.2) is 47.1 Å². The van der Waals surface area contributed by atoms with E-state index in [4.69, 9.17) is 14.2 Å². The lowest BCUT2D eigenvalue weighted by molar-refractivity contribution is -0.0756. The highest BCUT2D eigenvalue weighted by molar-refractivity contribution is 6.08. The van der Waals surface area contributed by atoms with Crippen molar-refractivity contribution in [2.75, 3.05) is 14.2 Å². The molecular formula is C21H20N2O3. The Hall–Kier alpha value is -2.92. The van der Waals surface area contributed by atoms with Crippen molar-refractivity contribution >= 4 is 28.5 Å². The first kappa shape index (κ1) is 16.5. The molecular weight excluding hydrogens is 328 g/mol. The summed E-state index contributed by atoms with van der Waals surface area (Å²) in [4.78, 5) is 23.1. The Kier molecular flexibility index (Phi) is 4.31. The number of hydroxylamine groups is 2. The van der Waals surface area contributed by atoms with E-state index in [9.17, 15) is 4.79 Å². The average molecular weight is 348 g/mol. The lowest BCUT2D eigenvalue weighted by Crippen LogP contribution is -2.28. The summed E-state index contributed by atoms with van der Waals surface area (Å²) < 4.78 is 5.47. The molecule has 2 heterocycles. The predicted molar refractivity (Wildman–Crippen MR) is 100 cm³/mol. The van der Waals surface area contributed by atoms with Gasteiger partial charge in [-0.05, 0) is 54.7 Å². The van der Waals surface area contributed by atoms with Crippen LogP contribution in [0.25, 0.3) is 22.6 Å². The van der Waals surface area contributed by atoms with E-state index in [2.05, 4.69) is 0 Å². The molecule has 4 rings (SSSR count). The SMILES string of the molecule is CON(C)C(=O)c1c2c(nc3ccccc13)/C(=C/c1ccco1)CCC2. The number of hydrogen-bond acceptors (Lipinski definition) is 4. The molecule has 1 aliphatic rings. The number of aromatic nitrogens is 1. The number of hydrogen-bond donors (Lipinski definition) is 0. The summed E-state index contributed by atoms with van der Waals surface area (Å²) in [5.41, 5.74) is 4.47. The van der Waals surface area contributed by atoms with Crippen LogP contribution in [-0.2, 0) is 11.3 Å². The highest BCUT2D eigenvalue weighted by Gasteiger charge is 2.26. The normalized spacial score (nSPS) is 15.2. The number of carbonyl (C=O) groups excluding carboxylic acids is 1. The van der Waals surface area contributed by atoms with E-state index in [1.54, 1.807) is 13.3 Å². The second kappa shape index (κ2) is 6.77. The molecule has 0 saturated carbocycles. The minimum Gasteiger partial charge on any atom is -0.465 e. The molecule has 5 nitrogen and oxygen atoms in total. The Labute approximate surface area is 151 Å². The van der Waals surface area contributed by atoms with Gasteiger partial charge < -0.3 is 4.42 Å². The van der Waals surface area contributed by atoms with Crippen LogP contribution in [-0.4, -0.2) is 30.1 Å². The van der Waals surface area contributed by atoms with Crippen molar-refractivity contribution in [3.8, 4) is 0 Å². The maximum atomic E-state index is 13.0. The number of amides is 1. The summed E-state index contributed by atoms with van der Waals surface area (Å²) in [6.07, 6.45) is 6.38. The molecule has 0 spiro atoms. The first-order chi connectivity index (χ1) is 12.7. The summed E-state index contributed by atoms with van der Waals surface area (Å²) in [5, 5.41) is 2.13. The quantitative estimate of drug-likeness (QED) is 0.661. The molecule has 0 bridgehead atoms. The highest BCUT2D eigenvalue weighted by atomic mass is 16.7. The van der Waals surface area contributed by atoms with Crippen LogP contribution in [0.3, 0.4) is 0 Å². The fraction of sp³-hybridized carbons (Fsp3) is 0.238. The number of carbonyl (C=O) groups is 1. The number of furan rings is 1. The maximum Gasteiger partial charge on any atom is 0.278 e. The number of para-hydroxylation sites is 1. The van der Waals surface area contributed by atoms with E-state index in [0.29, 0.717) is 5.56 Å². The minimum atomic E-state index is -0.151. The van der Waals surface area contributed by atoms with Crippen molar-refractivity contribution in [3.63, 3.8) is 0 Å². The van der Waals surface area contributed by atoms with Crippen LogP contribution in [0.1, 0.15) is 40.2 Å². The van der Waals surface area contributed by atoms with Crippen LogP contribution in [0.4, 0.5) is 0 Å². The van der Waals surface area contributed by atoms with Crippen LogP contribution >= 0.6 is 0 Å². The molecule has 26 heavy (non-hydrogen) atoms. The smallest absolute Gasteiger partial charge is 0.278 e. The Bertz CT molecular complexity index is 990. The van der Waals surface area contributed by atoms with Gasteiger partial charge in [0.05, 0.1) is 30.1 Å². The summed E-state index contributed by atoms with van der Waals surface area (Å²) in [6.45, 7) is 0. The fourth-order valence-corrected chi connectivity index (χ4v) is 3.50. The first-order valence-electron chi connectivity index (χ1n) is 8.67. The van der Waals surface area contributed by atoms with Gasteiger partial charge in [0.1, 0.15) is 5.76 Å². The number of benzene rings is 1. The van der Waals surface area contributed by atoms with E-state index >= 15 is 0 Å². The Morgan fingerprint density at radius 3 is 2.85 bits per heavy atom. The van der Waals surface area contributed by atoms with E-state index in [1.165, 1.54) is 12.2 Å². The lowest BCUT2D eigenvalue weighted by Gasteiger charge is -2.24. The largest absolute Gasteiger partial charge is 0.465 e. The first-order valence-corrected chi connectivity index (χ1v) is 8.67. The topological polar surface area (TPSA) is 55.6 Å². The monoisotopic (exact) mass is 348 g/mol. The van der Waals surface area contributed by atoms with Crippen molar-refractivity contribution in [3.05, 3.63) is 65.2 Å². The maximum absolute atomic E-state index is 13.0. The van der Waals surface area contributed by atoms with Crippen LogP contribution in [0, 0.1) is 0 Å². The van der Waals surface area contributed by atoms with E-state index < -0.39 is 0 Å². The van der Waals surface area contributed by atoms with E-state index in [-0.39, 0.29) is 5.91 Å².